The molecule has 0 amide bonds. The topological polar surface area (TPSA) is 40.5 Å². The van der Waals surface area contributed by atoms with Crippen LogP contribution in [0.25, 0.3) is 0 Å². The first-order chi connectivity index (χ1) is 15.0. The van der Waals surface area contributed by atoms with Gasteiger partial charge in [-0.25, -0.2) is 0 Å². The van der Waals surface area contributed by atoms with Crippen LogP contribution in [-0.2, 0) is 0 Å². The minimum absolute atomic E-state index is 0.161. The largest absolute Gasteiger partial charge is 0.389 e. The molecule has 0 aliphatic heterocycles. The highest BCUT2D eigenvalue weighted by Gasteiger charge is 2.58. The summed E-state index contributed by atoms with van der Waals surface area (Å²) in [5.41, 5.74) is 4.51. The van der Waals surface area contributed by atoms with Gasteiger partial charge in [0.15, 0.2) is 0 Å². The third kappa shape index (κ3) is 3.76. The molecule has 0 heterocycles. The molecule has 2 N–H and O–H groups in total. The summed E-state index contributed by atoms with van der Waals surface area (Å²) in [7, 11) is 0. The van der Waals surface area contributed by atoms with Gasteiger partial charge in [0.05, 0.1) is 12.2 Å². The molecule has 32 heavy (non-hydrogen) atoms. The van der Waals surface area contributed by atoms with E-state index in [1.165, 1.54) is 50.5 Å². The summed E-state index contributed by atoms with van der Waals surface area (Å²) in [4.78, 5) is 0. The lowest BCUT2D eigenvalue weighted by Crippen LogP contribution is -2.52. The highest BCUT2D eigenvalue weighted by Crippen LogP contribution is 2.66. The molecule has 3 fully saturated rings. The summed E-state index contributed by atoms with van der Waals surface area (Å²) in [5, 5.41) is 21.9. The molecule has 0 bridgehead atoms. The molecule has 4 aliphatic carbocycles. The predicted octanol–water partition coefficient (Wildman–Crippen LogP) is 7.31. The quantitative estimate of drug-likeness (QED) is 0.423. The maximum atomic E-state index is 11.4. The van der Waals surface area contributed by atoms with Gasteiger partial charge in [-0.2, -0.15) is 0 Å². The molecule has 4 rings (SSSR count). The molecular formula is C30H50O2. The highest BCUT2D eigenvalue weighted by atomic mass is 16.3. The van der Waals surface area contributed by atoms with Gasteiger partial charge in [0.1, 0.15) is 0 Å². The van der Waals surface area contributed by atoms with Crippen LogP contribution in [0.2, 0.25) is 0 Å². The number of rotatable bonds is 6. The van der Waals surface area contributed by atoms with Crippen LogP contribution in [0, 0.1) is 46.3 Å². The number of hydrogen-bond donors (Lipinski definition) is 2. The summed E-state index contributed by atoms with van der Waals surface area (Å²) in [5.74, 6) is 3.90. The fourth-order valence-electron chi connectivity index (χ4n) is 9.12. The number of fused-ring (bicyclic) bond motifs is 4. The van der Waals surface area contributed by atoms with Crippen molar-refractivity contribution in [1.29, 1.82) is 0 Å². The second-order valence-corrected chi connectivity index (χ2v) is 13.0. The number of aliphatic hydroxyl groups excluding tert-OH is 2. The van der Waals surface area contributed by atoms with Crippen LogP contribution < -0.4 is 0 Å². The molecule has 0 aromatic heterocycles. The van der Waals surface area contributed by atoms with Gasteiger partial charge in [0, 0.05) is 0 Å². The molecule has 2 nitrogen and oxygen atoms in total. The maximum absolute atomic E-state index is 11.4. The molecule has 2 heteroatoms. The van der Waals surface area contributed by atoms with E-state index < -0.39 is 0 Å². The zero-order chi connectivity index (χ0) is 23.4. The van der Waals surface area contributed by atoms with E-state index in [4.69, 9.17) is 0 Å². The molecule has 182 valence electrons. The van der Waals surface area contributed by atoms with Crippen LogP contribution >= 0.6 is 0 Å². The van der Waals surface area contributed by atoms with E-state index in [1.807, 2.05) is 0 Å². The standard InChI is InChI=1S/C30H50O2/c1-8-21(18(2)3)10-9-19(4)22-11-12-23-28-24(13-15-29(22,23)6)30(7)16-14-26(31)20(5)25(30)17-27(28)32/h18-19,21-22,24-27,31-32H,5,8-17H2,1-4,6-7H3/t19-,21?,22-,24?,25?,26?,27?,29-,30-/m1/s1. The summed E-state index contributed by atoms with van der Waals surface area (Å²) >= 11 is 0. The summed E-state index contributed by atoms with van der Waals surface area (Å²) < 4.78 is 0. The normalized spacial score (nSPS) is 43.7. The van der Waals surface area contributed by atoms with Gasteiger partial charge in [-0.1, -0.05) is 66.5 Å². The zero-order valence-corrected chi connectivity index (χ0v) is 21.8. The number of hydrogen-bond acceptors (Lipinski definition) is 2. The Balaban J connectivity index is 1.58. The molecular weight excluding hydrogens is 392 g/mol. The minimum Gasteiger partial charge on any atom is -0.389 e. The SMILES string of the molecule is C=C1C(O)CC[C@@]2(C)C1CC(O)C1=C3CC[C@H]([C@H](C)CCC(CC)C(C)C)[C@@]3(C)CCC12. The van der Waals surface area contributed by atoms with Crippen LogP contribution in [0.4, 0.5) is 0 Å². The molecule has 3 saturated carbocycles. The molecule has 0 aromatic rings. The Labute approximate surface area is 198 Å². The molecule has 4 aliphatic rings. The van der Waals surface area contributed by atoms with Crippen molar-refractivity contribution in [2.45, 2.75) is 118 Å². The lowest BCUT2D eigenvalue weighted by Gasteiger charge is -2.58. The third-order valence-electron chi connectivity index (χ3n) is 11.3. The van der Waals surface area contributed by atoms with E-state index in [-0.39, 0.29) is 29.0 Å². The first-order valence-electron chi connectivity index (χ1n) is 13.8. The summed E-state index contributed by atoms with van der Waals surface area (Å²) in [6, 6.07) is 0. The van der Waals surface area contributed by atoms with E-state index in [2.05, 4.69) is 48.1 Å². The van der Waals surface area contributed by atoms with Crippen molar-refractivity contribution < 1.29 is 10.2 Å². The van der Waals surface area contributed by atoms with Gasteiger partial charge in [-0.05, 0) is 109 Å². The van der Waals surface area contributed by atoms with Crippen LogP contribution in [0.5, 0.6) is 0 Å². The number of aliphatic hydroxyl groups is 2. The van der Waals surface area contributed by atoms with Crippen LogP contribution in [0.3, 0.4) is 0 Å². The van der Waals surface area contributed by atoms with E-state index in [0.717, 1.165) is 48.5 Å². The lowest BCUT2D eigenvalue weighted by atomic mass is 9.47. The zero-order valence-electron chi connectivity index (χ0n) is 21.8. The first-order valence-corrected chi connectivity index (χ1v) is 13.8. The van der Waals surface area contributed by atoms with Crippen molar-refractivity contribution >= 4 is 0 Å². The predicted molar refractivity (Wildman–Crippen MR) is 134 cm³/mol. The van der Waals surface area contributed by atoms with Crippen molar-refractivity contribution in [3.8, 4) is 0 Å². The van der Waals surface area contributed by atoms with E-state index >= 15 is 0 Å². The van der Waals surface area contributed by atoms with Gasteiger partial charge in [-0.3, -0.25) is 0 Å². The van der Waals surface area contributed by atoms with Crippen molar-refractivity contribution in [3.05, 3.63) is 23.3 Å². The summed E-state index contributed by atoms with van der Waals surface area (Å²) in [6.07, 6.45) is 11.0. The van der Waals surface area contributed by atoms with Gasteiger partial charge in [0.2, 0.25) is 0 Å². The number of allylic oxidation sites excluding steroid dienone is 1. The van der Waals surface area contributed by atoms with Gasteiger partial charge in [0.25, 0.3) is 0 Å². The average molecular weight is 443 g/mol. The Morgan fingerprint density at radius 3 is 2.34 bits per heavy atom. The molecule has 0 aromatic carbocycles. The molecule has 5 unspecified atom stereocenters. The van der Waals surface area contributed by atoms with Gasteiger partial charge < -0.3 is 10.2 Å². The van der Waals surface area contributed by atoms with Crippen LogP contribution in [0.15, 0.2) is 23.3 Å². The Bertz CT molecular complexity index is 750. The molecule has 9 atom stereocenters. The van der Waals surface area contributed by atoms with E-state index in [9.17, 15) is 10.2 Å². The average Bonchev–Trinajstić information content (AvgIpc) is 3.10. The van der Waals surface area contributed by atoms with Gasteiger partial charge >= 0.3 is 0 Å². The lowest BCUT2D eigenvalue weighted by molar-refractivity contribution is -0.0327. The Hall–Kier alpha value is -0.600. The second-order valence-electron chi connectivity index (χ2n) is 13.0. The fraction of sp³-hybridized carbons (Fsp3) is 0.867. The van der Waals surface area contributed by atoms with Crippen LogP contribution in [0.1, 0.15) is 106 Å². The Kier molecular flexibility index (Phi) is 6.80. The van der Waals surface area contributed by atoms with Crippen molar-refractivity contribution in [1.82, 2.24) is 0 Å². The van der Waals surface area contributed by atoms with Crippen molar-refractivity contribution in [3.63, 3.8) is 0 Å². The van der Waals surface area contributed by atoms with E-state index in [0.29, 0.717) is 5.92 Å². The third-order valence-corrected chi connectivity index (χ3v) is 11.3. The highest BCUT2D eigenvalue weighted by molar-refractivity contribution is 5.39. The monoisotopic (exact) mass is 442 g/mol. The van der Waals surface area contributed by atoms with Gasteiger partial charge in [-0.15, -0.1) is 0 Å². The molecule has 0 spiro atoms. The summed E-state index contributed by atoms with van der Waals surface area (Å²) in [6.45, 7) is 18.9. The molecule has 0 radical (unpaired) electrons. The van der Waals surface area contributed by atoms with Crippen LogP contribution in [-0.4, -0.2) is 22.4 Å². The Morgan fingerprint density at radius 1 is 0.969 bits per heavy atom. The maximum Gasteiger partial charge on any atom is 0.0761 e. The fourth-order valence-corrected chi connectivity index (χ4v) is 9.12. The molecule has 0 saturated heterocycles. The first kappa shape index (κ1) is 24.5. The smallest absolute Gasteiger partial charge is 0.0761 e. The minimum atomic E-state index is -0.377. The van der Waals surface area contributed by atoms with Crippen molar-refractivity contribution in [2.75, 3.05) is 0 Å². The van der Waals surface area contributed by atoms with Crippen molar-refractivity contribution in [2.24, 2.45) is 46.3 Å². The Morgan fingerprint density at radius 2 is 1.69 bits per heavy atom. The van der Waals surface area contributed by atoms with E-state index in [1.54, 1.807) is 5.57 Å². The second kappa shape index (κ2) is 8.88.